The normalized spacial score (nSPS) is 12.3. The average molecular weight is 420 g/mol. The molecule has 0 fully saturated rings. The number of sulfonamides is 1. The standard InChI is InChI=1S/C22H21N5O2S/c1-16-7-11-18(12-8-16)21(15-27-22-6-4-3-5-20(22)23-25-27)24-26-30(28,29)19-13-9-17(2)10-14-19/h3-14,26H,15H2,1-2H3/b24-21+. The molecule has 3 aromatic carbocycles. The largest absolute Gasteiger partial charge is 0.276 e. The molecule has 0 saturated carbocycles. The smallest absolute Gasteiger partial charge is 0.239 e. The van der Waals surface area contributed by atoms with Gasteiger partial charge in [-0.25, -0.2) is 4.68 Å². The molecule has 0 bridgehead atoms. The van der Waals surface area contributed by atoms with Crippen LogP contribution in [0.25, 0.3) is 11.0 Å². The van der Waals surface area contributed by atoms with Gasteiger partial charge in [-0.2, -0.15) is 18.4 Å². The first-order valence-electron chi connectivity index (χ1n) is 9.43. The van der Waals surface area contributed by atoms with Gasteiger partial charge in [-0.3, -0.25) is 0 Å². The fourth-order valence-electron chi connectivity index (χ4n) is 3.00. The molecule has 4 rings (SSSR count). The van der Waals surface area contributed by atoms with Crippen LogP contribution in [-0.2, 0) is 16.6 Å². The Morgan fingerprint density at radius 2 is 1.57 bits per heavy atom. The van der Waals surface area contributed by atoms with E-state index in [1.165, 1.54) is 0 Å². The zero-order chi connectivity index (χ0) is 21.1. The molecule has 30 heavy (non-hydrogen) atoms. The van der Waals surface area contributed by atoms with Crippen LogP contribution < -0.4 is 4.83 Å². The first kappa shape index (κ1) is 19.8. The van der Waals surface area contributed by atoms with Crippen LogP contribution in [-0.4, -0.2) is 29.1 Å². The quantitative estimate of drug-likeness (QED) is 0.383. The minimum Gasteiger partial charge on any atom is -0.239 e. The minimum atomic E-state index is -3.79. The SMILES string of the molecule is Cc1ccc(/C(Cn2nnc3ccccc32)=N/NS(=O)(=O)c2ccc(C)cc2)cc1. The molecule has 0 aliphatic rings. The highest BCUT2D eigenvalue weighted by Gasteiger charge is 2.15. The molecule has 4 aromatic rings. The van der Waals surface area contributed by atoms with E-state index >= 15 is 0 Å². The number of aryl methyl sites for hydroxylation is 2. The van der Waals surface area contributed by atoms with E-state index in [0.29, 0.717) is 5.71 Å². The van der Waals surface area contributed by atoms with Crippen molar-refractivity contribution in [2.45, 2.75) is 25.3 Å². The fraction of sp³-hybridized carbons (Fsp3) is 0.136. The molecule has 0 radical (unpaired) electrons. The van der Waals surface area contributed by atoms with Crippen molar-refractivity contribution in [3.8, 4) is 0 Å². The van der Waals surface area contributed by atoms with Crippen LogP contribution in [0.1, 0.15) is 16.7 Å². The van der Waals surface area contributed by atoms with Crippen LogP contribution in [0.4, 0.5) is 0 Å². The van der Waals surface area contributed by atoms with Crippen molar-refractivity contribution in [3.05, 3.63) is 89.5 Å². The Bertz CT molecular complexity index is 1310. The van der Waals surface area contributed by atoms with Gasteiger partial charge in [0.05, 0.1) is 22.7 Å². The Balaban J connectivity index is 1.69. The number of fused-ring (bicyclic) bond motifs is 1. The lowest BCUT2D eigenvalue weighted by Gasteiger charge is -2.10. The van der Waals surface area contributed by atoms with Crippen molar-refractivity contribution in [2.75, 3.05) is 0 Å². The Morgan fingerprint density at radius 3 is 2.27 bits per heavy atom. The van der Waals surface area contributed by atoms with Gasteiger partial charge in [0.2, 0.25) is 0 Å². The summed E-state index contributed by atoms with van der Waals surface area (Å²) in [4.78, 5) is 2.53. The van der Waals surface area contributed by atoms with Gasteiger partial charge < -0.3 is 0 Å². The van der Waals surface area contributed by atoms with Crippen LogP contribution in [0.15, 0.2) is 82.8 Å². The number of hydrazone groups is 1. The van der Waals surface area contributed by atoms with Gasteiger partial charge in [-0.1, -0.05) is 64.9 Å². The first-order valence-corrected chi connectivity index (χ1v) is 10.9. The molecule has 0 amide bonds. The number of hydrogen-bond donors (Lipinski definition) is 1. The number of para-hydroxylation sites is 1. The number of aromatic nitrogens is 3. The highest BCUT2D eigenvalue weighted by molar-refractivity contribution is 7.89. The number of benzene rings is 3. The molecular weight excluding hydrogens is 398 g/mol. The number of rotatable bonds is 6. The van der Waals surface area contributed by atoms with Gasteiger partial charge in [0, 0.05) is 0 Å². The second-order valence-corrected chi connectivity index (χ2v) is 8.73. The second kappa shape index (κ2) is 8.08. The maximum Gasteiger partial charge on any atom is 0.276 e. The maximum absolute atomic E-state index is 12.7. The summed E-state index contributed by atoms with van der Waals surface area (Å²) in [6, 6.07) is 21.9. The number of nitrogens with one attached hydrogen (secondary N) is 1. The third-order valence-corrected chi connectivity index (χ3v) is 5.96. The fourth-order valence-corrected chi connectivity index (χ4v) is 3.83. The van der Waals surface area contributed by atoms with Crippen LogP contribution >= 0.6 is 0 Å². The summed E-state index contributed by atoms with van der Waals surface area (Å²) in [5, 5.41) is 12.6. The molecule has 0 saturated heterocycles. The molecule has 7 nitrogen and oxygen atoms in total. The Labute approximate surface area is 175 Å². The summed E-state index contributed by atoms with van der Waals surface area (Å²) in [7, 11) is -3.79. The summed E-state index contributed by atoms with van der Waals surface area (Å²) >= 11 is 0. The van der Waals surface area contributed by atoms with Crippen LogP contribution in [0.2, 0.25) is 0 Å². The molecular formula is C22H21N5O2S. The number of nitrogens with zero attached hydrogens (tertiary/aromatic N) is 4. The van der Waals surface area contributed by atoms with Gasteiger partial charge >= 0.3 is 0 Å². The Kier molecular flexibility index (Phi) is 5.33. The van der Waals surface area contributed by atoms with Crippen molar-refractivity contribution < 1.29 is 8.42 Å². The van der Waals surface area contributed by atoms with E-state index in [1.54, 1.807) is 28.9 Å². The molecule has 1 heterocycles. The van der Waals surface area contributed by atoms with Crippen molar-refractivity contribution in [1.82, 2.24) is 19.8 Å². The Morgan fingerprint density at radius 1 is 0.933 bits per heavy atom. The lowest BCUT2D eigenvalue weighted by atomic mass is 10.1. The van der Waals surface area contributed by atoms with Gasteiger partial charge in [-0.05, 0) is 43.7 Å². The van der Waals surface area contributed by atoms with Gasteiger partial charge in [0.1, 0.15) is 5.52 Å². The molecule has 0 spiro atoms. The lowest BCUT2D eigenvalue weighted by Crippen LogP contribution is -2.23. The molecule has 0 unspecified atom stereocenters. The summed E-state index contributed by atoms with van der Waals surface area (Å²) in [6.07, 6.45) is 0. The third kappa shape index (κ3) is 4.23. The van der Waals surface area contributed by atoms with E-state index < -0.39 is 10.0 Å². The van der Waals surface area contributed by atoms with Crippen LogP contribution in [0.5, 0.6) is 0 Å². The van der Waals surface area contributed by atoms with Crippen molar-refractivity contribution in [3.63, 3.8) is 0 Å². The van der Waals surface area contributed by atoms with Crippen molar-refractivity contribution in [2.24, 2.45) is 5.10 Å². The van der Waals surface area contributed by atoms with E-state index in [4.69, 9.17) is 0 Å². The minimum absolute atomic E-state index is 0.159. The van der Waals surface area contributed by atoms with Crippen LogP contribution in [0, 0.1) is 13.8 Å². The van der Waals surface area contributed by atoms with E-state index in [2.05, 4.69) is 20.2 Å². The molecule has 8 heteroatoms. The molecule has 1 N–H and O–H groups in total. The predicted molar refractivity (Wildman–Crippen MR) is 117 cm³/mol. The molecule has 0 aliphatic heterocycles. The first-order chi connectivity index (χ1) is 14.4. The predicted octanol–water partition coefficient (Wildman–Crippen LogP) is 3.43. The summed E-state index contributed by atoms with van der Waals surface area (Å²) in [5.74, 6) is 0. The second-order valence-electron chi connectivity index (χ2n) is 7.07. The number of hydrogen-bond acceptors (Lipinski definition) is 5. The van der Waals surface area contributed by atoms with Crippen molar-refractivity contribution >= 4 is 26.8 Å². The van der Waals surface area contributed by atoms with E-state index in [0.717, 1.165) is 27.7 Å². The highest BCUT2D eigenvalue weighted by Crippen LogP contribution is 2.14. The topological polar surface area (TPSA) is 89.2 Å². The van der Waals surface area contributed by atoms with E-state index in [9.17, 15) is 8.42 Å². The maximum atomic E-state index is 12.7. The van der Waals surface area contributed by atoms with E-state index in [-0.39, 0.29) is 11.4 Å². The zero-order valence-electron chi connectivity index (χ0n) is 16.6. The molecule has 0 atom stereocenters. The van der Waals surface area contributed by atoms with Crippen molar-refractivity contribution in [1.29, 1.82) is 0 Å². The molecule has 152 valence electrons. The monoisotopic (exact) mass is 419 g/mol. The lowest BCUT2D eigenvalue weighted by molar-refractivity contribution is 0.584. The van der Waals surface area contributed by atoms with Gasteiger partial charge in [0.25, 0.3) is 10.0 Å². The van der Waals surface area contributed by atoms with E-state index in [1.807, 2.05) is 62.4 Å². The van der Waals surface area contributed by atoms with Gasteiger partial charge in [-0.15, -0.1) is 5.10 Å². The highest BCUT2D eigenvalue weighted by atomic mass is 32.2. The molecule has 1 aromatic heterocycles. The molecule has 0 aliphatic carbocycles. The third-order valence-electron chi connectivity index (χ3n) is 4.74. The van der Waals surface area contributed by atoms with Crippen LogP contribution in [0.3, 0.4) is 0 Å². The summed E-state index contributed by atoms with van der Waals surface area (Å²) in [6.45, 7) is 4.16. The zero-order valence-corrected chi connectivity index (χ0v) is 17.5. The average Bonchev–Trinajstić information content (AvgIpc) is 3.15. The van der Waals surface area contributed by atoms with Gasteiger partial charge in [0.15, 0.2) is 0 Å². The Hall–Kier alpha value is -3.52. The summed E-state index contributed by atoms with van der Waals surface area (Å²) in [5.41, 5.74) is 5.02. The summed E-state index contributed by atoms with van der Waals surface area (Å²) < 4.78 is 27.1.